The normalized spacial score (nSPS) is 16.4. The monoisotopic (exact) mass is 474 g/mol. The van der Waals surface area contributed by atoms with Gasteiger partial charge in [0.05, 0.1) is 9.21 Å². The summed E-state index contributed by atoms with van der Waals surface area (Å²) in [6, 6.07) is 9.09. The van der Waals surface area contributed by atoms with E-state index in [-0.39, 0.29) is 17.6 Å². The van der Waals surface area contributed by atoms with Crippen molar-refractivity contribution in [2.45, 2.75) is 12.8 Å². The van der Waals surface area contributed by atoms with Crippen LogP contribution in [0.15, 0.2) is 35.7 Å². The summed E-state index contributed by atoms with van der Waals surface area (Å²) in [5.41, 5.74) is 1.08. The van der Waals surface area contributed by atoms with Gasteiger partial charge in [-0.3, -0.25) is 9.59 Å². The molecule has 31 heavy (non-hydrogen) atoms. The quantitative estimate of drug-likeness (QED) is 0.496. The Morgan fingerprint density at radius 1 is 1.06 bits per heavy atom. The van der Waals surface area contributed by atoms with Gasteiger partial charge in [0, 0.05) is 30.0 Å². The number of Topliss-reactive ketones (excluding diaryl/α,β-unsaturated/α-hetero) is 1. The first-order chi connectivity index (χ1) is 15.1. The molecule has 4 heterocycles. The third kappa shape index (κ3) is 4.20. The molecule has 0 unspecified atom stereocenters. The van der Waals surface area contributed by atoms with Gasteiger partial charge in [0.1, 0.15) is 23.9 Å². The molecule has 3 aromatic rings. The van der Waals surface area contributed by atoms with E-state index in [1.165, 1.54) is 22.7 Å². The fourth-order valence-corrected chi connectivity index (χ4v) is 5.76. The van der Waals surface area contributed by atoms with Crippen molar-refractivity contribution < 1.29 is 19.1 Å². The number of rotatable bonds is 4. The molecule has 0 atom stereocenters. The van der Waals surface area contributed by atoms with Gasteiger partial charge >= 0.3 is 0 Å². The number of likely N-dealkylation sites (tertiary alicyclic amines) is 1. The predicted molar refractivity (Wildman–Crippen MR) is 121 cm³/mol. The number of piperidine rings is 1. The lowest BCUT2D eigenvalue weighted by Gasteiger charge is -2.31. The highest BCUT2D eigenvalue weighted by Gasteiger charge is 2.30. The molecule has 0 aliphatic carbocycles. The summed E-state index contributed by atoms with van der Waals surface area (Å²) >= 11 is 8.88. The molecule has 0 bridgehead atoms. The lowest BCUT2D eigenvalue weighted by molar-refractivity contribution is 0.0646. The third-order valence-electron chi connectivity index (χ3n) is 5.49. The van der Waals surface area contributed by atoms with Crippen molar-refractivity contribution >= 4 is 46.0 Å². The van der Waals surface area contributed by atoms with E-state index in [2.05, 4.69) is 4.98 Å². The number of carbonyl (C=O) groups excluding carboxylic acids is 2. The lowest BCUT2D eigenvalue weighted by atomic mass is 9.88. The third-order valence-corrected chi connectivity index (χ3v) is 7.73. The highest BCUT2D eigenvalue weighted by atomic mass is 35.5. The number of aromatic nitrogens is 1. The van der Waals surface area contributed by atoms with Crippen LogP contribution in [0.3, 0.4) is 0 Å². The van der Waals surface area contributed by atoms with Gasteiger partial charge in [0.2, 0.25) is 0 Å². The number of fused-ring (bicyclic) bond motifs is 1. The van der Waals surface area contributed by atoms with E-state index in [0.717, 1.165) is 9.88 Å². The molecule has 1 amide bonds. The van der Waals surface area contributed by atoms with Gasteiger partial charge in [-0.2, -0.15) is 0 Å². The van der Waals surface area contributed by atoms with E-state index in [4.69, 9.17) is 21.1 Å². The van der Waals surface area contributed by atoms with E-state index in [0.29, 0.717) is 66.2 Å². The Morgan fingerprint density at radius 2 is 1.84 bits per heavy atom. The zero-order valence-electron chi connectivity index (χ0n) is 16.5. The Bertz CT molecular complexity index is 1130. The van der Waals surface area contributed by atoms with E-state index in [1.54, 1.807) is 28.5 Å². The van der Waals surface area contributed by atoms with Crippen LogP contribution in [0.4, 0.5) is 0 Å². The molecule has 160 valence electrons. The number of hydrogen-bond donors (Lipinski definition) is 0. The van der Waals surface area contributed by atoms with Gasteiger partial charge in [0.25, 0.3) is 5.91 Å². The molecule has 9 heteroatoms. The first-order valence-corrected chi connectivity index (χ1v) is 12.1. The minimum absolute atomic E-state index is 0.0876. The van der Waals surface area contributed by atoms with E-state index in [1.807, 2.05) is 12.1 Å². The number of carbonyl (C=O) groups is 2. The number of thiophene rings is 1. The minimum Gasteiger partial charge on any atom is -0.486 e. The maximum Gasteiger partial charge on any atom is 0.273 e. The summed E-state index contributed by atoms with van der Waals surface area (Å²) in [5.74, 6) is 1.20. The molecule has 0 saturated carbocycles. The number of halogens is 1. The Kier molecular flexibility index (Phi) is 5.69. The molecule has 0 N–H and O–H groups in total. The Balaban J connectivity index is 1.22. The summed E-state index contributed by atoms with van der Waals surface area (Å²) in [6.07, 6.45) is 1.27. The lowest BCUT2D eigenvalue weighted by Crippen LogP contribution is -2.40. The van der Waals surface area contributed by atoms with Crippen molar-refractivity contribution in [1.29, 1.82) is 0 Å². The van der Waals surface area contributed by atoms with E-state index in [9.17, 15) is 9.59 Å². The SMILES string of the molecule is O=C(c1ccc2c(c1)OCCO2)C1CCN(C(=O)c2csc(-c3ccc(Cl)s3)n2)CC1. The van der Waals surface area contributed by atoms with Crippen LogP contribution in [0.1, 0.15) is 33.7 Å². The van der Waals surface area contributed by atoms with Crippen LogP contribution >= 0.6 is 34.3 Å². The number of thiazole rings is 1. The predicted octanol–water partition coefficient (Wildman–Crippen LogP) is 5.03. The first kappa shape index (κ1) is 20.5. The minimum atomic E-state index is -0.106. The van der Waals surface area contributed by atoms with E-state index < -0.39 is 0 Å². The van der Waals surface area contributed by atoms with Crippen LogP contribution in [-0.4, -0.2) is 47.9 Å². The van der Waals surface area contributed by atoms with Gasteiger partial charge in [-0.1, -0.05) is 11.6 Å². The van der Waals surface area contributed by atoms with Crippen molar-refractivity contribution in [3.8, 4) is 21.4 Å². The second-order valence-electron chi connectivity index (χ2n) is 7.43. The summed E-state index contributed by atoms with van der Waals surface area (Å²) in [6.45, 7) is 2.09. The molecule has 0 spiro atoms. The molecule has 5 rings (SSSR count). The zero-order chi connectivity index (χ0) is 21.4. The highest BCUT2D eigenvalue weighted by Crippen LogP contribution is 2.34. The Hall–Kier alpha value is -2.42. The molecule has 2 aromatic heterocycles. The van der Waals surface area contributed by atoms with Crippen molar-refractivity contribution in [3.05, 3.63) is 51.3 Å². The summed E-state index contributed by atoms with van der Waals surface area (Å²) in [7, 11) is 0. The average Bonchev–Trinajstić information content (AvgIpc) is 3.47. The summed E-state index contributed by atoms with van der Waals surface area (Å²) < 4.78 is 11.8. The van der Waals surface area contributed by atoms with Crippen LogP contribution in [0.5, 0.6) is 11.5 Å². The van der Waals surface area contributed by atoms with Crippen LogP contribution in [0, 0.1) is 5.92 Å². The Morgan fingerprint density at radius 3 is 2.58 bits per heavy atom. The number of nitrogens with zero attached hydrogens (tertiary/aromatic N) is 2. The molecule has 1 saturated heterocycles. The molecular weight excluding hydrogens is 456 g/mol. The number of ketones is 1. The fourth-order valence-electron chi connectivity index (χ4n) is 3.85. The molecular formula is C22H19ClN2O4S2. The van der Waals surface area contributed by atoms with Gasteiger partial charge in [-0.25, -0.2) is 4.98 Å². The van der Waals surface area contributed by atoms with Gasteiger partial charge in [-0.05, 0) is 43.2 Å². The smallest absolute Gasteiger partial charge is 0.273 e. The summed E-state index contributed by atoms with van der Waals surface area (Å²) in [4.78, 5) is 33.1. The molecule has 1 fully saturated rings. The number of hydrogen-bond acceptors (Lipinski definition) is 7. The first-order valence-electron chi connectivity index (χ1n) is 10.0. The fraction of sp³-hybridized carbons (Fsp3) is 0.318. The van der Waals surface area contributed by atoms with Crippen LogP contribution in [0.25, 0.3) is 9.88 Å². The van der Waals surface area contributed by atoms with Crippen molar-refractivity contribution in [2.24, 2.45) is 5.92 Å². The maximum atomic E-state index is 13.0. The molecule has 2 aliphatic rings. The van der Waals surface area contributed by atoms with E-state index >= 15 is 0 Å². The van der Waals surface area contributed by atoms with Crippen LogP contribution in [0.2, 0.25) is 4.34 Å². The maximum absolute atomic E-state index is 13.0. The summed E-state index contributed by atoms with van der Waals surface area (Å²) in [5, 5.41) is 2.58. The largest absolute Gasteiger partial charge is 0.486 e. The van der Waals surface area contributed by atoms with Crippen LogP contribution < -0.4 is 9.47 Å². The second kappa shape index (κ2) is 8.61. The Labute approximate surface area is 192 Å². The molecule has 6 nitrogen and oxygen atoms in total. The second-order valence-corrected chi connectivity index (χ2v) is 10.0. The van der Waals surface area contributed by atoms with Gasteiger partial charge in [-0.15, -0.1) is 22.7 Å². The van der Waals surface area contributed by atoms with Gasteiger partial charge in [0.15, 0.2) is 17.3 Å². The van der Waals surface area contributed by atoms with Crippen molar-refractivity contribution in [1.82, 2.24) is 9.88 Å². The highest BCUT2D eigenvalue weighted by molar-refractivity contribution is 7.23. The number of amides is 1. The average molecular weight is 475 g/mol. The zero-order valence-corrected chi connectivity index (χ0v) is 18.9. The standard InChI is InChI=1S/C22H19ClN2O4S2/c23-19-4-3-18(31-19)21-24-15(12-30-21)22(27)25-7-5-13(6-8-25)20(26)14-1-2-16-17(11-14)29-10-9-28-16/h1-4,11-13H,5-10H2. The molecule has 2 aliphatic heterocycles. The van der Waals surface area contributed by atoms with Crippen molar-refractivity contribution in [3.63, 3.8) is 0 Å². The number of ether oxygens (including phenoxy) is 2. The molecule has 0 radical (unpaired) electrons. The molecule has 1 aromatic carbocycles. The van der Waals surface area contributed by atoms with Crippen molar-refractivity contribution in [2.75, 3.05) is 26.3 Å². The number of benzene rings is 1. The van der Waals surface area contributed by atoms with Crippen LogP contribution in [-0.2, 0) is 0 Å². The topological polar surface area (TPSA) is 68.7 Å². The van der Waals surface area contributed by atoms with Gasteiger partial charge < -0.3 is 14.4 Å².